The molecule has 0 aliphatic rings. The van der Waals surface area contributed by atoms with E-state index in [-0.39, 0.29) is 0 Å². The Morgan fingerprint density at radius 2 is 1.07 bits per heavy atom. The van der Waals surface area contributed by atoms with Gasteiger partial charge in [-0.2, -0.15) is 0 Å². The van der Waals surface area contributed by atoms with E-state index in [0.717, 1.165) is 13.1 Å². The molecular weight excluding hydrogens is 184 g/mol. The van der Waals surface area contributed by atoms with Gasteiger partial charge in [0.2, 0.25) is 0 Å². The van der Waals surface area contributed by atoms with Gasteiger partial charge in [0.25, 0.3) is 0 Å². The first-order valence-electron chi connectivity index (χ1n) is 6.03. The van der Waals surface area contributed by atoms with Gasteiger partial charge in [-0.15, -0.1) is 0 Å². The van der Waals surface area contributed by atoms with Crippen LogP contribution >= 0.6 is 0 Å². The molecule has 15 heavy (non-hydrogen) atoms. The number of rotatable bonds is 6. The summed E-state index contributed by atoms with van der Waals surface area (Å²) in [4.78, 5) is 8.41. The predicted octanol–water partition coefficient (Wildman–Crippen LogP) is 3.74. The molecule has 0 aromatic heterocycles. The van der Waals surface area contributed by atoms with Crippen molar-refractivity contribution in [2.45, 2.75) is 41.5 Å². The highest BCUT2D eigenvalue weighted by Crippen LogP contribution is 2.09. The van der Waals surface area contributed by atoms with Gasteiger partial charge in [-0.25, -0.2) is 9.98 Å². The van der Waals surface area contributed by atoms with Gasteiger partial charge in [0.1, 0.15) is 0 Å². The summed E-state index contributed by atoms with van der Waals surface area (Å²) < 4.78 is 0. The van der Waals surface area contributed by atoms with Crippen molar-refractivity contribution < 1.29 is 0 Å². The summed E-state index contributed by atoms with van der Waals surface area (Å²) in [5.41, 5.74) is 0. The van der Waals surface area contributed by atoms with Crippen LogP contribution in [0.4, 0.5) is 0 Å². The van der Waals surface area contributed by atoms with Crippen molar-refractivity contribution in [1.29, 1.82) is 0 Å². The van der Waals surface area contributed by atoms with Crippen LogP contribution < -0.4 is 0 Å². The van der Waals surface area contributed by atoms with Crippen molar-refractivity contribution >= 4 is 6.01 Å². The minimum Gasteiger partial charge on any atom is -0.225 e. The van der Waals surface area contributed by atoms with Gasteiger partial charge in [-0.3, -0.25) is 0 Å². The van der Waals surface area contributed by atoms with Gasteiger partial charge in [-0.05, 0) is 23.7 Å². The molecule has 2 nitrogen and oxygen atoms in total. The fourth-order valence-corrected chi connectivity index (χ4v) is 0.841. The molecule has 0 saturated carbocycles. The van der Waals surface area contributed by atoms with Crippen LogP contribution in [-0.4, -0.2) is 19.1 Å². The van der Waals surface area contributed by atoms with Crippen LogP contribution in [0.25, 0.3) is 0 Å². The van der Waals surface area contributed by atoms with E-state index in [1.54, 1.807) is 0 Å². The van der Waals surface area contributed by atoms with Crippen LogP contribution in [0, 0.1) is 23.7 Å². The molecule has 0 saturated heterocycles. The smallest absolute Gasteiger partial charge is 0.0892 e. The van der Waals surface area contributed by atoms with Crippen LogP contribution in [0.3, 0.4) is 0 Å². The highest BCUT2D eigenvalue weighted by Gasteiger charge is 2.05. The maximum Gasteiger partial charge on any atom is 0.0892 e. The second-order valence-electron chi connectivity index (χ2n) is 5.22. The van der Waals surface area contributed by atoms with Crippen LogP contribution in [0.15, 0.2) is 9.98 Å². The Bertz CT molecular complexity index is 193. The van der Waals surface area contributed by atoms with Gasteiger partial charge in [0, 0.05) is 0 Å². The lowest BCUT2D eigenvalue weighted by molar-refractivity contribution is 0.428. The molecule has 0 amide bonds. The van der Waals surface area contributed by atoms with E-state index in [1.807, 2.05) is 0 Å². The molecule has 2 atom stereocenters. The molecule has 0 fully saturated rings. The summed E-state index contributed by atoms with van der Waals surface area (Å²) in [7, 11) is 0. The first kappa shape index (κ1) is 14.4. The van der Waals surface area contributed by atoms with Crippen molar-refractivity contribution in [3.8, 4) is 0 Å². The second kappa shape index (κ2) is 7.64. The molecule has 0 radical (unpaired) electrons. The monoisotopic (exact) mass is 210 g/mol. The van der Waals surface area contributed by atoms with Gasteiger partial charge < -0.3 is 0 Å². The fraction of sp³-hybridized carbons (Fsp3) is 0.923. The number of hydrogen-bond acceptors (Lipinski definition) is 2. The first-order chi connectivity index (χ1) is 6.95. The molecular formula is C13H26N2. The highest BCUT2D eigenvalue weighted by molar-refractivity contribution is 5.41. The Kier molecular flexibility index (Phi) is 7.33. The van der Waals surface area contributed by atoms with Crippen LogP contribution in [0.2, 0.25) is 0 Å². The van der Waals surface area contributed by atoms with Crippen LogP contribution in [0.1, 0.15) is 41.5 Å². The Labute approximate surface area is 94.9 Å². The van der Waals surface area contributed by atoms with E-state index in [2.05, 4.69) is 57.5 Å². The first-order valence-corrected chi connectivity index (χ1v) is 6.03. The minimum atomic E-state index is 0.621. The Balaban J connectivity index is 3.82. The molecule has 2 heteroatoms. The molecule has 0 N–H and O–H groups in total. The Morgan fingerprint density at radius 3 is 1.33 bits per heavy atom. The average Bonchev–Trinajstić information content (AvgIpc) is 2.16. The van der Waals surface area contributed by atoms with Crippen molar-refractivity contribution in [1.82, 2.24) is 0 Å². The summed E-state index contributed by atoms with van der Waals surface area (Å²) in [6, 6.07) is 2.81. The normalized spacial score (nSPS) is 14.9. The third-order valence-corrected chi connectivity index (χ3v) is 3.18. The molecule has 2 unspecified atom stereocenters. The summed E-state index contributed by atoms with van der Waals surface area (Å²) in [6.07, 6.45) is 0. The van der Waals surface area contributed by atoms with E-state index in [4.69, 9.17) is 0 Å². The molecule has 0 aliphatic carbocycles. The lowest BCUT2D eigenvalue weighted by Crippen LogP contribution is -2.08. The topological polar surface area (TPSA) is 24.7 Å². The standard InChI is InChI=1S/C13H26N2/c1-10(2)12(5)7-14-9-15-8-13(6)11(3)4/h10-13H,7-8H2,1-6H3. The lowest BCUT2D eigenvalue weighted by atomic mass is 9.98. The number of nitrogens with zero attached hydrogens (tertiary/aromatic N) is 2. The number of hydrogen-bond donors (Lipinski definition) is 0. The van der Waals surface area contributed by atoms with Crippen LogP contribution in [-0.2, 0) is 0 Å². The SMILES string of the molecule is CC(C)C(C)CN=C=NCC(C)C(C)C. The van der Waals surface area contributed by atoms with E-state index in [1.165, 1.54) is 0 Å². The second-order valence-corrected chi connectivity index (χ2v) is 5.22. The molecule has 0 aliphatic heterocycles. The average molecular weight is 210 g/mol. The molecule has 0 aromatic carbocycles. The molecule has 0 heterocycles. The molecule has 0 bridgehead atoms. The highest BCUT2D eigenvalue weighted by atomic mass is 14.8. The summed E-state index contributed by atoms with van der Waals surface area (Å²) in [6.45, 7) is 15.0. The zero-order valence-electron chi connectivity index (χ0n) is 11.1. The van der Waals surface area contributed by atoms with E-state index < -0.39 is 0 Å². The maximum atomic E-state index is 4.21. The largest absolute Gasteiger partial charge is 0.225 e. The van der Waals surface area contributed by atoms with Gasteiger partial charge in [0.05, 0.1) is 19.1 Å². The molecule has 88 valence electrons. The number of aliphatic imine (C=N–C) groups is 2. The quantitative estimate of drug-likeness (QED) is 0.597. The zero-order chi connectivity index (χ0) is 11.8. The maximum absolute atomic E-state index is 4.21. The fourth-order valence-electron chi connectivity index (χ4n) is 0.841. The zero-order valence-corrected chi connectivity index (χ0v) is 11.1. The molecule has 0 spiro atoms. The lowest BCUT2D eigenvalue weighted by Gasteiger charge is -2.11. The van der Waals surface area contributed by atoms with Crippen LogP contribution in [0.5, 0.6) is 0 Å². The Hall–Kier alpha value is -0.620. The summed E-state index contributed by atoms with van der Waals surface area (Å²) in [5, 5.41) is 0. The van der Waals surface area contributed by atoms with Crippen molar-refractivity contribution in [3.63, 3.8) is 0 Å². The van der Waals surface area contributed by atoms with Gasteiger partial charge in [0.15, 0.2) is 0 Å². The third-order valence-electron chi connectivity index (χ3n) is 3.18. The van der Waals surface area contributed by atoms with Gasteiger partial charge >= 0.3 is 0 Å². The summed E-state index contributed by atoms with van der Waals surface area (Å²) in [5.74, 6) is 2.61. The van der Waals surface area contributed by atoms with Crippen molar-refractivity contribution in [2.75, 3.05) is 13.1 Å². The van der Waals surface area contributed by atoms with Crippen molar-refractivity contribution in [3.05, 3.63) is 0 Å². The van der Waals surface area contributed by atoms with E-state index in [0.29, 0.717) is 23.7 Å². The van der Waals surface area contributed by atoms with Crippen molar-refractivity contribution in [2.24, 2.45) is 33.7 Å². The van der Waals surface area contributed by atoms with E-state index in [9.17, 15) is 0 Å². The molecule has 0 aromatic rings. The minimum absolute atomic E-state index is 0.621. The third kappa shape index (κ3) is 7.33. The van der Waals surface area contributed by atoms with E-state index >= 15 is 0 Å². The molecule has 0 rings (SSSR count). The summed E-state index contributed by atoms with van der Waals surface area (Å²) >= 11 is 0. The Morgan fingerprint density at radius 1 is 0.733 bits per heavy atom. The van der Waals surface area contributed by atoms with Gasteiger partial charge in [-0.1, -0.05) is 41.5 Å². The predicted molar refractivity (Wildman–Crippen MR) is 67.6 cm³/mol.